The van der Waals surface area contributed by atoms with Gasteiger partial charge in [-0.3, -0.25) is 0 Å². The highest BCUT2D eigenvalue weighted by molar-refractivity contribution is 5.82. The molecule has 0 spiro atoms. The van der Waals surface area contributed by atoms with E-state index in [0.29, 0.717) is 22.5 Å². The van der Waals surface area contributed by atoms with Gasteiger partial charge < -0.3 is 4.57 Å². The third-order valence-corrected chi connectivity index (χ3v) is 3.37. The molecule has 0 N–H and O–H groups in total. The maximum absolute atomic E-state index is 14.0. The van der Waals surface area contributed by atoms with Crippen molar-refractivity contribution in [2.45, 2.75) is 6.92 Å². The van der Waals surface area contributed by atoms with Crippen LogP contribution < -0.4 is 0 Å². The Kier molecular flexibility index (Phi) is 2.76. The minimum absolute atomic E-state index is 0.297. The van der Waals surface area contributed by atoms with Gasteiger partial charge in [-0.15, -0.1) is 0 Å². The number of aryl methyl sites for hydroxylation is 2. The van der Waals surface area contributed by atoms with Crippen molar-refractivity contribution < 1.29 is 4.39 Å². The maximum atomic E-state index is 14.0. The molecular formula is C16H12FN3. The van der Waals surface area contributed by atoms with Crippen LogP contribution in [-0.4, -0.2) is 9.55 Å². The number of benzene rings is 2. The molecule has 0 aliphatic carbocycles. The summed E-state index contributed by atoms with van der Waals surface area (Å²) < 4.78 is 15.8. The summed E-state index contributed by atoms with van der Waals surface area (Å²) in [5.74, 6) is 0.269. The van der Waals surface area contributed by atoms with Gasteiger partial charge in [-0.25, -0.2) is 9.37 Å². The first-order valence-electron chi connectivity index (χ1n) is 6.23. The lowest BCUT2D eigenvalue weighted by Gasteiger charge is -2.05. The van der Waals surface area contributed by atoms with E-state index in [1.54, 1.807) is 24.3 Å². The van der Waals surface area contributed by atoms with E-state index in [9.17, 15) is 4.39 Å². The van der Waals surface area contributed by atoms with Crippen LogP contribution >= 0.6 is 0 Å². The molecule has 2 aromatic carbocycles. The predicted octanol–water partition coefficient (Wildman–Crippen LogP) is 3.56. The van der Waals surface area contributed by atoms with Gasteiger partial charge in [0, 0.05) is 7.05 Å². The molecular weight excluding hydrogens is 253 g/mol. The molecule has 0 saturated carbocycles. The first-order valence-corrected chi connectivity index (χ1v) is 6.23. The number of nitrogens with zero attached hydrogens (tertiary/aromatic N) is 3. The Bertz CT molecular complexity index is 856. The van der Waals surface area contributed by atoms with Crippen LogP contribution in [0.3, 0.4) is 0 Å². The molecule has 1 aromatic heterocycles. The zero-order valence-electron chi connectivity index (χ0n) is 11.2. The fraction of sp³-hybridized carbons (Fsp3) is 0.125. The summed E-state index contributed by atoms with van der Waals surface area (Å²) in [5.41, 5.74) is 3.57. The molecule has 20 heavy (non-hydrogen) atoms. The zero-order chi connectivity index (χ0) is 14.3. The van der Waals surface area contributed by atoms with Crippen LogP contribution in [0.4, 0.5) is 4.39 Å². The fourth-order valence-corrected chi connectivity index (χ4v) is 2.32. The minimum Gasteiger partial charge on any atom is -0.327 e. The van der Waals surface area contributed by atoms with Crippen LogP contribution in [0.1, 0.15) is 11.1 Å². The number of hydrogen-bond acceptors (Lipinski definition) is 2. The molecule has 0 fully saturated rings. The second-order valence-electron chi connectivity index (χ2n) is 4.79. The first-order chi connectivity index (χ1) is 9.60. The molecule has 3 rings (SSSR count). The average molecular weight is 265 g/mol. The quantitative estimate of drug-likeness (QED) is 0.675. The van der Waals surface area contributed by atoms with Crippen molar-refractivity contribution in [1.82, 2.24) is 9.55 Å². The van der Waals surface area contributed by atoms with Crippen molar-refractivity contribution in [2.75, 3.05) is 0 Å². The lowest BCUT2D eigenvalue weighted by Crippen LogP contribution is -1.95. The van der Waals surface area contributed by atoms with Gasteiger partial charge in [0.15, 0.2) is 0 Å². The number of nitriles is 1. The van der Waals surface area contributed by atoms with Crippen molar-refractivity contribution in [3.05, 3.63) is 53.3 Å². The second-order valence-corrected chi connectivity index (χ2v) is 4.79. The second kappa shape index (κ2) is 4.46. The Labute approximate surface area is 115 Å². The van der Waals surface area contributed by atoms with Crippen LogP contribution in [0, 0.1) is 24.1 Å². The summed E-state index contributed by atoms with van der Waals surface area (Å²) >= 11 is 0. The van der Waals surface area contributed by atoms with E-state index < -0.39 is 0 Å². The zero-order valence-corrected chi connectivity index (χ0v) is 11.2. The first kappa shape index (κ1) is 12.4. The Balaban J connectivity index is 2.29. The van der Waals surface area contributed by atoms with E-state index in [0.717, 1.165) is 11.1 Å². The van der Waals surface area contributed by atoms with E-state index >= 15 is 0 Å². The summed E-state index contributed by atoms with van der Waals surface area (Å²) in [7, 11) is 1.85. The highest BCUT2D eigenvalue weighted by atomic mass is 19.1. The molecule has 0 aliphatic rings. The van der Waals surface area contributed by atoms with Gasteiger partial charge in [0.05, 0.1) is 28.2 Å². The third-order valence-electron chi connectivity index (χ3n) is 3.37. The van der Waals surface area contributed by atoms with E-state index in [2.05, 4.69) is 11.1 Å². The molecule has 98 valence electrons. The maximum Gasteiger partial charge on any atom is 0.143 e. The third kappa shape index (κ3) is 1.84. The smallest absolute Gasteiger partial charge is 0.143 e. The average Bonchev–Trinajstić information content (AvgIpc) is 2.78. The topological polar surface area (TPSA) is 41.6 Å². The van der Waals surface area contributed by atoms with Crippen molar-refractivity contribution in [3.63, 3.8) is 0 Å². The molecule has 0 radical (unpaired) electrons. The molecule has 0 atom stereocenters. The van der Waals surface area contributed by atoms with Gasteiger partial charge in [0.25, 0.3) is 0 Å². The van der Waals surface area contributed by atoms with Gasteiger partial charge in [0.1, 0.15) is 11.6 Å². The van der Waals surface area contributed by atoms with Gasteiger partial charge in [-0.2, -0.15) is 5.26 Å². The van der Waals surface area contributed by atoms with Crippen molar-refractivity contribution in [1.29, 1.82) is 5.26 Å². The fourth-order valence-electron chi connectivity index (χ4n) is 2.32. The summed E-state index contributed by atoms with van der Waals surface area (Å²) in [5, 5.41) is 8.93. The van der Waals surface area contributed by atoms with Crippen molar-refractivity contribution in [2.24, 2.45) is 7.05 Å². The number of rotatable bonds is 1. The lowest BCUT2D eigenvalue weighted by molar-refractivity contribution is 0.628. The van der Waals surface area contributed by atoms with E-state index in [-0.39, 0.29) is 5.82 Å². The number of halogens is 1. The Morgan fingerprint density at radius 2 is 2.00 bits per heavy atom. The molecule has 4 heteroatoms. The van der Waals surface area contributed by atoms with Crippen LogP contribution in [0.5, 0.6) is 0 Å². The molecule has 0 unspecified atom stereocenters. The summed E-state index contributed by atoms with van der Waals surface area (Å²) in [6.45, 7) is 1.92. The monoisotopic (exact) mass is 265 g/mol. The standard InChI is InChI=1S/C16H12FN3/c1-10-3-5-13(17)12(7-10)16-19-14-8-11(9-18)4-6-15(14)20(16)2/h3-8H,1-2H3. The normalized spacial score (nSPS) is 10.7. The van der Waals surface area contributed by atoms with E-state index in [1.807, 2.05) is 24.6 Å². The number of aromatic nitrogens is 2. The van der Waals surface area contributed by atoms with Crippen LogP contribution in [0.25, 0.3) is 22.4 Å². The van der Waals surface area contributed by atoms with Gasteiger partial charge in [-0.1, -0.05) is 11.6 Å². The molecule has 3 nitrogen and oxygen atoms in total. The molecule has 1 heterocycles. The molecule has 0 bridgehead atoms. The number of hydrogen-bond donors (Lipinski definition) is 0. The lowest BCUT2D eigenvalue weighted by atomic mass is 10.1. The predicted molar refractivity (Wildman–Crippen MR) is 75.6 cm³/mol. The molecule has 0 aliphatic heterocycles. The van der Waals surface area contributed by atoms with Crippen LogP contribution in [0.2, 0.25) is 0 Å². The van der Waals surface area contributed by atoms with Gasteiger partial charge >= 0.3 is 0 Å². The summed E-state index contributed by atoms with van der Waals surface area (Å²) in [6, 6.07) is 12.3. The van der Waals surface area contributed by atoms with Crippen LogP contribution in [0.15, 0.2) is 36.4 Å². The van der Waals surface area contributed by atoms with Crippen LogP contribution in [-0.2, 0) is 7.05 Å². The highest BCUT2D eigenvalue weighted by Crippen LogP contribution is 2.27. The number of imidazole rings is 1. The van der Waals surface area contributed by atoms with Gasteiger partial charge in [0.2, 0.25) is 0 Å². The summed E-state index contributed by atoms with van der Waals surface area (Å²) in [4.78, 5) is 4.46. The molecule has 0 saturated heterocycles. The SMILES string of the molecule is Cc1ccc(F)c(-c2nc3cc(C#N)ccc3n2C)c1. The minimum atomic E-state index is -0.297. The Hall–Kier alpha value is -2.67. The molecule has 0 amide bonds. The number of fused-ring (bicyclic) bond motifs is 1. The van der Waals surface area contributed by atoms with Gasteiger partial charge in [-0.05, 0) is 37.3 Å². The van der Waals surface area contributed by atoms with E-state index in [1.165, 1.54) is 6.07 Å². The highest BCUT2D eigenvalue weighted by Gasteiger charge is 2.14. The Morgan fingerprint density at radius 3 is 2.75 bits per heavy atom. The summed E-state index contributed by atoms with van der Waals surface area (Å²) in [6.07, 6.45) is 0. The Morgan fingerprint density at radius 1 is 1.20 bits per heavy atom. The van der Waals surface area contributed by atoms with E-state index in [4.69, 9.17) is 5.26 Å². The largest absolute Gasteiger partial charge is 0.327 e. The van der Waals surface area contributed by atoms with Crippen molar-refractivity contribution >= 4 is 11.0 Å². The van der Waals surface area contributed by atoms with Crippen molar-refractivity contribution in [3.8, 4) is 17.5 Å². The molecule has 3 aromatic rings.